The van der Waals surface area contributed by atoms with Crippen LogP contribution in [0.3, 0.4) is 0 Å². The van der Waals surface area contributed by atoms with Crippen molar-refractivity contribution in [2.45, 2.75) is 20.8 Å². The summed E-state index contributed by atoms with van der Waals surface area (Å²) in [5.74, 6) is -7.48. The summed E-state index contributed by atoms with van der Waals surface area (Å²) in [7, 11) is 0. The first-order valence-electron chi connectivity index (χ1n) is 12.7. The van der Waals surface area contributed by atoms with Gasteiger partial charge in [-0.25, -0.2) is 14.6 Å². The fourth-order valence-corrected chi connectivity index (χ4v) is 7.92. The predicted octanol–water partition coefficient (Wildman–Crippen LogP) is 4.43. The first-order chi connectivity index (χ1) is 18.5. The van der Waals surface area contributed by atoms with Crippen LogP contribution < -0.4 is 9.80 Å². The highest BCUT2D eigenvalue weighted by molar-refractivity contribution is 6.32. The average Bonchev–Trinajstić information content (AvgIpc) is 3.30. The van der Waals surface area contributed by atoms with E-state index in [1.54, 1.807) is 57.2 Å². The zero-order valence-electron chi connectivity index (χ0n) is 21.3. The summed E-state index contributed by atoms with van der Waals surface area (Å²) in [5, 5.41) is 0.691. The van der Waals surface area contributed by atoms with Gasteiger partial charge in [-0.15, -0.1) is 0 Å². The molecule has 0 spiro atoms. The lowest BCUT2D eigenvalue weighted by atomic mass is 9.43. The molecule has 200 valence electrons. The number of benzene rings is 2. The molecule has 2 aliphatic heterocycles. The van der Waals surface area contributed by atoms with Crippen molar-refractivity contribution in [3.63, 3.8) is 0 Å². The highest BCUT2D eigenvalue weighted by atomic mass is 35.5. The van der Waals surface area contributed by atoms with Gasteiger partial charge in [0.1, 0.15) is 0 Å². The number of rotatable bonds is 4. The van der Waals surface area contributed by atoms with E-state index in [0.29, 0.717) is 27.0 Å². The third kappa shape index (κ3) is 3.28. The first kappa shape index (κ1) is 25.8. The second kappa shape index (κ2) is 8.76. The summed E-state index contributed by atoms with van der Waals surface area (Å²) in [6, 6.07) is 12.8. The standard InChI is InChI=1S/C29H24Cl2N2O6/c1-4-39-28(38)21-13(2)18-19-22(26(36)32(24(19)34)16-9-5-7-14(30)11-16)29(21,3)23-20(18)25(35)33(27(23)37)17-10-6-8-15(31)12-17/h5-12,18-20,22-23H,4H2,1-3H3/t18?,19-,20+,22+,23-,29?. The maximum atomic E-state index is 14.1. The normalized spacial score (nSPS) is 31.3. The van der Waals surface area contributed by atoms with Crippen molar-refractivity contribution in [3.05, 3.63) is 69.7 Å². The van der Waals surface area contributed by atoms with Gasteiger partial charge in [-0.3, -0.25) is 19.2 Å². The Labute approximate surface area is 234 Å². The Morgan fingerprint density at radius 1 is 0.821 bits per heavy atom. The highest BCUT2D eigenvalue weighted by Crippen LogP contribution is 2.68. The first-order valence-corrected chi connectivity index (χ1v) is 13.4. The van der Waals surface area contributed by atoms with E-state index in [-0.39, 0.29) is 12.2 Å². The van der Waals surface area contributed by atoms with Gasteiger partial charge in [0.25, 0.3) is 0 Å². The number of allylic oxidation sites excluding steroid dienone is 1. The van der Waals surface area contributed by atoms with Gasteiger partial charge in [0.15, 0.2) is 0 Å². The molecule has 6 atom stereocenters. The lowest BCUT2D eigenvalue weighted by Gasteiger charge is -2.55. The van der Waals surface area contributed by atoms with Crippen LogP contribution >= 0.6 is 23.2 Å². The molecule has 0 N–H and O–H groups in total. The van der Waals surface area contributed by atoms with E-state index in [9.17, 15) is 24.0 Å². The van der Waals surface area contributed by atoms with Crippen LogP contribution in [0.2, 0.25) is 10.0 Å². The van der Waals surface area contributed by atoms with Gasteiger partial charge in [0.2, 0.25) is 23.6 Å². The Morgan fingerprint density at radius 3 is 1.69 bits per heavy atom. The minimum Gasteiger partial charge on any atom is -0.463 e. The molecule has 2 aromatic rings. The van der Waals surface area contributed by atoms with Crippen molar-refractivity contribution >= 4 is 64.2 Å². The third-order valence-electron chi connectivity index (χ3n) is 8.81. The van der Waals surface area contributed by atoms with Crippen molar-refractivity contribution in [2.24, 2.45) is 35.0 Å². The van der Waals surface area contributed by atoms with Gasteiger partial charge in [0, 0.05) is 27.0 Å². The van der Waals surface area contributed by atoms with Crippen molar-refractivity contribution in [1.82, 2.24) is 0 Å². The number of imide groups is 2. The largest absolute Gasteiger partial charge is 0.463 e. The van der Waals surface area contributed by atoms with E-state index in [4.69, 9.17) is 27.9 Å². The Balaban J connectivity index is 1.55. The minimum atomic E-state index is -1.47. The number of nitrogens with zero attached hydrogens (tertiary/aromatic N) is 2. The molecule has 2 aromatic carbocycles. The fourth-order valence-electron chi connectivity index (χ4n) is 7.55. The summed E-state index contributed by atoms with van der Waals surface area (Å²) in [4.78, 5) is 71.8. The van der Waals surface area contributed by atoms with Crippen LogP contribution in [-0.4, -0.2) is 36.2 Å². The summed E-state index contributed by atoms with van der Waals surface area (Å²) in [6.45, 7) is 5.09. The van der Waals surface area contributed by atoms with Gasteiger partial charge in [-0.1, -0.05) is 47.8 Å². The van der Waals surface area contributed by atoms with E-state index in [0.717, 1.165) is 9.80 Å². The smallest absolute Gasteiger partial charge is 0.334 e. The monoisotopic (exact) mass is 566 g/mol. The number of hydrogen-bond donors (Lipinski definition) is 0. The third-order valence-corrected chi connectivity index (χ3v) is 9.28. The quantitative estimate of drug-likeness (QED) is 0.400. The fraction of sp³-hybridized carbons (Fsp3) is 0.345. The number of carbonyl (C=O) groups is 5. The van der Waals surface area contributed by atoms with Crippen LogP contribution in [0.1, 0.15) is 20.8 Å². The molecular formula is C29H24Cl2N2O6. The molecule has 39 heavy (non-hydrogen) atoms. The molecule has 2 saturated heterocycles. The molecule has 2 bridgehead atoms. The van der Waals surface area contributed by atoms with Crippen molar-refractivity contribution in [2.75, 3.05) is 16.4 Å². The van der Waals surface area contributed by atoms with E-state index >= 15 is 0 Å². The van der Waals surface area contributed by atoms with Crippen molar-refractivity contribution in [3.8, 4) is 0 Å². The molecule has 0 radical (unpaired) electrons. The number of esters is 1. The van der Waals surface area contributed by atoms with E-state index < -0.39 is 64.6 Å². The lowest BCUT2D eigenvalue weighted by Crippen LogP contribution is -2.61. The maximum absolute atomic E-state index is 14.1. The van der Waals surface area contributed by atoms with Crippen molar-refractivity contribution < 1.29 is 28.7 Å². The van der Waals surface area contributed by atoms with Crippen LogP contribution in [0.15, 0.2) is 59.7 Å². The second-order valence-corrected chi connectivity index (χ2v) is 11.5. The number of hydrogen-bond acceptors (Lipinski definition) is 6. The Bertz CT molecular complexity index is 1440. The number of amides is 4. The molecule has 7 rings (SSSR count). The molecule has 3 fully saturated rings. The number of halogens is 2. The molecule has 0 aromatic heterocycles. The van der Waals surface area contributed by atoms with Gasteiger partial charge < -0.3 is 4.74 Å². The molecule has 2 unspecified atom stereocenters. The van der Waals surface area contributed by atoms with Crippen LogP contribution in [0.4, 0.5) is 11.4 Å². The highest BCUT2D eigenvalue weighted by Gasteiger charge is 2.77. The molecule has 5 aliphatic rings. The zero-order valence-corrected chi connectivity index (χ0v) is 22.8. The Morgan fingerprint density at radius 2 is 1.28 bits per heavy atom. The molecule has 8 nitrogen and oxygen atoms in total. The zero-order chi connectivity index (χ0) is 28.0. The average molecular weight is 567 g/mol. The number of ether oxygens (including phenoxy) is 1. The Hall–Kier alpha value is -3.49. The topological polar surface area (TPSA) is 101 Å². The molecule has 1 saturated carbocycles. The van der Waals surface area contributed by atoms with E-state index in [2.05, 4.69) is 0 Å². The number of carbonyl (C=O) groups excluding carboxylic acids is 5. The summed E-state index contributed by atoms with van der Waals surface area (Å²) < 4.78 is 5.39. The summed E-state index contributed by atoms with van der Waals surface area (Å²) in [6.07, 6.45) is 0. The molecule has 2 heterocycles. The van der Waals surface area contributed by atoms with Crippen LogP contribution in [0, 0.1) is 35.0 Å². The Kier molecular flexibility index (Phi) is 5.79. The molecular weight excluding hydrogens is 543 g/mol. The van der Waals surface area contributed by atoms with Crippen LogP contribution in [-0.2, 0) is 28.7 Å². The summed E-state index contributed by atoms with van der Waals surface area (Å²) >= 11 is 12.3. The van der Waals surface area contributed by atoms with Gasteiger partial charge in [-0.2, -0.15) is 0 Å². The molecule has 10 heteroatoms. The lowest BCUT2D eigenvalue weighted by molar-refractivity contribution is -0.155. The number of anilines is 2. The van der Waals surface area contributed by atoms with Crippen LogP contribution in [0.5, 0.6) is 0 Å². The maximum Gasteiger partial charge on any atom is 0.334 e. The van der Waals surface area contributed by atoms with Crippen LogP contribution in [0.25, 0.3) is 0 Å². The van der Waals surface area contributed by atoms with E-state index in [1.807, 2.05) is 0 Å². The van der Waals surface area contributed by atoms with E-state index in [1.165, 1.54) is 12.1 Å². The van der Waals surface area contributed by atoms with Gasteiger partial charge in [0.05, 0.1) is 41.7 Å². The SMILES string of the molecule is CCOC(=O)C1=C(C)C2[C@H]3C(=O)N(c4cccc(Cl)c4)C(=O)[C@H]3C1(C)[C@H]1C(=O)N(c3cccc(Cl)c3)C(=O)[C@@H]21. The minimum absolute atomic E-state index is 0.0849. The molecule has 4 amide bonds. The second-order valence-electron chi connectivity index (χ2n) is 10.6. The predicted molar refractivity (Wildman–Crippen MR) is 143 cm³/mol. The molecule has 3 aliphatic carbocycles. The van der Waals surface area contributed by atoms with Gasteiger partial charge >= 0.3 is 5.97 Å². The summed E-state index contributed by atoms with van der Waals surface area (Å²) in [5.41, 5.74) is -0.176. The van der Waals surface area contributed by atoms with Crippen molar-refractivity contribution in [1.29, 1.82) is 0 Å². The van der Waals surface area contributed by atoms with Gasteiger partial charge in [-0.05, 0) is 50.2 Å².